The molecule has 1 fully saturated rings. The molecule has 1 heterocycles. The molecule has 30 heavy (non-hydrogen) atoms. The van der Waals surface area contributed by atoms with E-state index in [0.717, 1.165) is 18.4 Å². The molecule has 1 aliphatic heterocycles. The van der Waals surface area contributed by atoms with Crippen LogP contribution in [0.5, 0.6) is 5.75 Å². The van der Waals surface area contributed by atoms with Crippen LogP contribution in [0.1, 0.15) is 46.1 Å². The van der Waals surface area contributed by atoms with Crippen molar-refractivity contribution in [2.75, 3.05) is 13.1 Å². The first kappa shape index (κ1) is 22.9. The first-order valence-corrected chi connectivity index (χ1v) is 12.3. The van der Waals surface area contributed by atoms with Crippen molar-refractivity contribution in [2.24, 2.45) is 16.1 Å². The highest BCUT2D eigenvalue weighted by atomic mass is 79.9. The molecule has 3 rings (SSSR count). The molecule has 0 unspecified atom stereocenters. The Hall–Kier alpha value is -1.77. The fraction of sp³-hybridized carbons (Fsp3) is 0.455. The standard InChI is InChI=1S/C22H28BrN3O3S/c1-15-9-11-26(12-10-15)30(28,29)18-7-5-17(6-8-18)24-25-20-14-16(22(2,3)4)13-19(23)21(20)27/h5-8,13-15,27H,9-12H2,1-4H3. The summed E-state index contributed by atoms with van der Waals surface area (Å²) in [6.45, 7) is 9.50. The lowest BCUT2D eigenvalue weighted by Crippen LogP contribution is -2.37. The number of aromatic hydroxyl groups is 1. The van der Waals surface area contributed by atoms with Crippen LogP contribution in [0.4, 0.5) is 11.4 Å². The zero-order valence-corrected chi connectivity index (χ0v) is 20.2. The summed E-state index contributed by atoms with van der Waals surface area (Å²) in [5.74, 6) is 0.581. The average molecular weight is 494 g/mol. The minimum Gasteiger partial charge on any atom is -0.505 e. The molecule has 0 atom stereocenters. The second-order valence-electron chi connectivity index (χ2n) is 8.86. The molecule has 1 aliphatic rings. The Kier molecular flexibility index (Phi) is 6.69. The third-order valence-corrected chi connectivity index (χ3v) is 7.92. The number of hydrogen-bond acceptors (Lipinski definition) is 5. The Morgan fingerprint density at radius 2 is 1.67 bits per heavy atom. The minimum absolute atomic E-state index is 0.0188. The number of nitrogens with zero attached hydrogens (tertiary/aromatic N) is 3. The van der Waals surface area contributed by atoms with Gasteiger partial charge in [-0.2, -0.15) is 9.42 Å². The lowest BCUT2D eigenvalue weighted by molar-refractivity contribution is 0.288. The highest BCUT2D eigenvalue weighted by molar-refractivity contribution is 9.10. The summed E-state index contributed by atoms with van der Waals surface area (Å²) in [7, 11) is -3.49. The van der Waals surface area contributed by atoms with Gasteiger partial charge in [0.15, 0.2) is 5.75 Å². The molecule has 0 saturated carbocycles. The van der Waals surface area contributed by atoms with Crippen molar-refractivity contribution < 1.29 is 13.5 Å². The van der Waals surface area contributed by atoms with Gasteiger partial charge in [-0.25, -0.2) is 8.42 Å². The Balaban J connectivity index is 1.81. The molecule has 0 aliphatic carbocycles. The molecular weight excluding hydrogens is 466 g/mol. The van der Waals surface area contributed by atoms with E-state index < -0.39 is 10.0 Å². The first-order valence-electron chi connectivity index (χ1n) is 10.0. The van der Waals surface area contributed by atoms with Crippen molar-refractivity contribution in [3.63, 3.8) is 0 Å². The molecule has 6 nitrogen and oxygen atoms in total. The van der Waals surface area contributed by atoms with E-state index in [2.05, 4.69) is 53.9 Å². The second-order valence-corrected chi connectivity index (χ2v) is 11.6. The third kappa shape index (κ3) is 5.10. The Labute approximate surface area is 187 Å². The Morgan fingerprint density at radius 3 is 2.23 bits per heavy atom. The number of halogens is 1. The van der Waals surface area contributed by atoms with Gasteiger partial charge >= 0.3 is 0 Å². The summed E-state index contributed by atoms with van der Waals surface area (Å²) in [5, 5.41) is 18.7. The summed E-state index contributed by atoms with van der Waals surface area (Å²) in [6.07, 6.45) is 1.77. The number of sulfonamides is 1. The van der Waals surface area contributed by atoms with E-state index in [1.165, 1.54) is 0 Å². The summed E-state index contributed by atoms with van der Waals surface area (Å²) in [6, 6.07) is 10.0. The fourth-order valence-corrected chi connectivity index (χ4v) is 5.18. The van der Waals surface area contributed by atoms with Gasteiger partial charge in [0.1, 0.15) is 5.69 Å². The lowest BCUT2D eigenvalue weighted by atomic mass is 9.87. The van der Waals surface area contributed by atoms with Crippen LogP contribution < -0.4 is 0 Å². The van der Waals surface area contributed by atoms with E-state index >= 15 is 0 Å². The number of piperidine rings is 1. The maximum Gasteiger partial charge on any atom is 0.243 e. The minimum atomic E-state index is -3.49. The predicted octanol–water partition coefficient (Wildman–Crippen LogP) is 6.29. The normalized spacial score (nSPS) is 17.0. The van der Waals surface area contributed by atoms with Crippen LogP contribution in [0.15, 0.2) is 56.0 Å². The van der Waals surface area contributed by atoms with Crippen LogP contribution in [-0.4, -0.2) is 30.9 Å². The molecule has 2 aromatic carbocycles. The highest BCUT2D eigenvalue weighted by Gasteiger charge is 2.27. The van der Waals surface area contributed by atoms with Gasteiger partial charge in [0.05, 0.1) is 15.1 Å². The molecule has 1 saturated heterocycles. The molecule has 0 aromatic heterocycles. The van der Waals surface area contributed by atoms with Crippen LogP contribution >= 0.6 is 15.9 Å². The fourth-order valence-electron chi connectivity index (χ4n) is 3.26. The van der Waals surface area contributed by atoms with E-state index in [0.29, 0.717) is 34.9 Å². The molecule has 0 amide bonds. The molecule has 2 aromatic rings. The molecular formula is C22H28BrN3O3S. The van der Waals surface area contributed by atoms with Crippen molar-refractivity contribution >= 4 is 37.3 Å². The smallest absolute Gasteiger partial charge is 0.243 e. The summed E-state index contributed by atoms with van der Waals surface area (Å²) >= 11 is 3.37. The van der Waals surface area contributed by atoms with Gasteiger partial charge in [0, 0.05) is 13.1 Å². The number of benzene rings is 2. The molecule has 0 bridgehead atoms. The van der Waals surface area contributed by atoms with Crippen molar-refractivity contribution in [1.82, 2.24) is 4.31 Å². The predicted molar refractivity (Wildman–Crippen MR) is 122 cm³/mol. The van der Waals surface area contributed by atoms with Gasteiger partial charge in [0.25, 0.3) is 0 Å². The van der Waals surface area contributed by atoms with Gasteiger partial charge in [-0.3, -0.25) is 0 Å². The zero-order valence-electron chi connectivity index (χ0n) is 17.8. The number of rotatable bonds is 4. The lowest BCUT2D eigenvalue weighted by Gasteiger charge is -2.29. The number of azo groups is 1. The Morgan fingerprint density at radius 1 is 1.07 bits per heavy atom. The van der Waals surface area contributed by atoms with Crippen LogP contribution in [0, 0.1) is 5.92 Å². The topological polar surface area (TPSA) is 82.3 Å². The summed E-state index contributed by atoms with van der Waals surface area (Å²) in [5.41, 5.74) is 1.77. The molecule has 0 spiro atoms. The van der Waals surface area contributed by atoms with Crippen molar-refractivity contribution in [3.8, 4) is 5.75 Å². The van der Waals surface area contributed by atoms with Gasteiger partial charge in [-0.1, -0.05) is 27.7 Å². The molecule has 1 N–H and O–H groups in total. The van der Waals surface area contributed by atoms with E-state index in [1.54, 1.807) is 34.6 Å². The Bertz CT molecular complexity index is 1040. The van der Waals surface area contributed by atoms with E-state index in [-0.39, 0.29) is 16.1 Å². The van der Waals surface area contributed by atoms with Gasteiger partial charge < -0.3 is 5.11 Å². The van der Waals surface area contributed by atoms with Crippen LogP contribution in [-0.2, 0) is 15.4 Å². The number of hydrogen-bond donors (Lipinski definition) is 1. The maximum atomic E-state index is 12.8. The highest BCUT2D eigenvalue weighted by Crippen LogP contribution is 2.39. The van der Waals surface area contributed by atoms with Gasteiger partial charge in [0.2, 0.25) is 10.0 Å². The quantitative estimate of drug-likeness (QED) is 0.508. The van der Waals surface area contributed by atoms with Crippen molar-refractivity contribution in [2.45, 2.75) is 50.8 Å². The monoisotopic (exact) mass is 493 g/mol. The largest absolute Gasteiger partial charge is 0.505 e. The zero-order chi connectivity index (χ0) is 22.1. The second kappa shape index (κ2) is 8.77. The van der Waals surface area contributed by atoms with E-state index in [9.17, 15) is 13.5 Å². The van der Waals surface area contributed by atoms with Gasteiger partial charge in [-0.05, 0) is 82.1 Å². The maximum absolute atomic E-state index is 12.8. The SMILES string of the molecule is CC1CCN(S(=O)(=O)c2ccc(N=Nc3cc(C(C)(C)C)cc(Br)c3O)cc2)CC1. The van der Waals surface area contributed by atoms with Crippen LogP contribution in [0.3, 0.4) is 0 Å². The van der Waals surface area contributed by atoms with Crippen LogP contribution in [0.25, 0.3) is 0 Å². The average Bonchev–Trinajstić information content (AvgIpc) is 2.69. The number of phenolic OH excluding ortho intramolecular Hbond substituents is 1. The number of phenols is 1. The van der Waals surface area contributed by atoms with Crippen molar-refractivity contribution in [1.29, 1.82) is 0 Å². The molecule has 8 heteroatoms. The van der Waals surface area contributed by atoms with Crippen LogP contribution in [0.2, 0.25) is 0 Å². The van der Waals surface area contributed by atoms with Gasteiger partial charge in [-0.15, -0.1) is 5.11 Å². The summed E-state index contributed by atoms with van der Waals surface area (Å²) < 4.78 is 27.8. The van der Waals surface area contributed by atoms with E-state index in [4.69, 9.17) is 0 Å². The molecule has 0 radical (unpaired) electrons. The first-order chi connectivity index (χ1) is 14.0. The van der Waals surface area contributed by atoms with E-state index in [1.807, 2.05) is 6.07 Å². The third-order valence-electron chi connectivity index (χ3n) is 5.40. The summed E-state index contributed by atoms with van der Waals surface area (Å²) in [4.78, 5) is 0.260. The van der Waals surface area contributed by atoms with Crippen molar-refractivity contribution in [3.05, 3.63) is 46.4 Å². The molecule has 162 valence electrons.